The van der Waals surface area contributed by atoms with Gasteiger partial charge in [0.1, 0.15) is 11.6 Å². The van der Waals surface area contributed by atoms with Crippen molar-refractivity contribution in [2.45, 2.75) is 13.3 Å². The van der Waals surface area contributed by atoms with Crippen LogP contribution in [0.2, 0.25) is 0 Å². The molecule has 0 atom stereocenters. The second-order valence-electron chi connectivity index (χ2n) is 5.97. The van der Waals surface area contributed by atoms with Crippen molar-refractivity contribution in [2.75, 3.05) is 44.7 Å². The Labute approximate surface area is 143 Å². The molecule has 0 radical (unpaired) electrons. The van der Waals surface area contributed by atoms with Crippen LogP contribution in [0.3, 0.4) is 0 Å². The van der Waals surface area contributed by atoms with Gasteiger partial charge in [-0.15, -0.1) is 0 Å². The van der Waals surface area contributed by atoms with Crippen LogP contribution in [0, 0.1) is 6.92 Å². The van der Waals surface area contributed by atoms with E-state index in [9.17, 15) is 0 Å². The van der Waals surface area contributed by atoms with Crippen LogP contribution in [-0.4, -0.2) is 55.6 Å². The molecule has 0 amide bonds. The lowest BCUT2D eigenvalue weighted by molar-refractivity contribution is 0.371. The minimum atomic E-state index is 0.819. The summed E-state index contributed by atoms with van der Waals surface area (Å²) in [7, 11) is 1.84. The Bertz CT molecular complexity index is 660. The Morgan fingerprint density at radius 1 is 1.29 bits per heavy atom. The summed E-state index contributed by atoms with van der Waals surface area (Å²) in [5.74, 6) is 3.02. The maximum absolute atomic E-state index is 5.36. The number of nitrogens with zero attached hydrogens (tertiary/aromatic N) is 4. The lowest BCUT2D eigenvalue weighted by Gasteiger charge is -2.37. The highest BCUT2D eigenvalue weighted by molar-refractivity contribution is 5.80. The molecular weight excluding hydrogens is 302 g/mol. The molecule has 0 spiro atoms. The van der Waals surface area contributed by atoms with Crippen LogP contribution in [0.15, 0.2) is 46.1 Å². The molecule has 24 heavy (non-hydrogen) atoms. The highest BCUT2D eigenvalue weighted by Crippen LogP contribution is 2.14. The molecule has 1 N–H and O–H groups in total. The van der Waals surface area contributed by atoms with Gasteiger partial charge in [-0.25, -0.2) is 4.98 Å². The first-order chi connectivity index (χ1) is 11.8. The van der Waals surface area contributed by atoms with Crippen molar-refractivity contribution in [1.29, 1.82) is 0 Å². The predicted molar refractivity (Wildman–Crippen MR) is 96.5 cm³/mol. The fourth-order valence-corrected chi connectivity index (χ4v) is 2.93. The first kappa shape index (κ1) is 16.4. The van der Waals surface area contributed by atoms with Crippen molar-refractivity contribution < 1.29 is 4.42 Å². The van der Waals surface area contributed by atoms with Crippen LogP contribution in [0.1, 0.15) is 11.3 Å². The summed E-state index contributed by atoms with van der Waals surface area (Å²) >= 11 is 0. The van der Waals surface area contributed by atoms with Gasteiger partial charge in [0, 0.05) is 52.4 Å². The zero-order valence-corrected chi connectivity index (χ0v) is 14.4. The summed E-state index contributed by atoms with van der Waals surface area (Å²) < 4.78 is 5.36. The second kappa shape index (κ2) is 7.86. The number of furan rings is 1. The van der Waals surface area contributed by atoms with Crippen molar-refractivity contribution in [2.24, 2.45) is 4.99 Å². The van der Waals surface area contributed by atoms with E-state index in [4.69, 9.17) is 4.42 Å². The molecule has 6 heteroatoms. The molecule has 0 saturated carbocycles. The van der Waals surface area contributed by atoms with Crippen LogP contribution in [0.4, 0.5) is 5.82 Å². The number of nitrogens with one attached hydrogen (secondary N) is 1. The van der Waals surface area contributed by atoms with Gasteiger partial charge in [0.25, 0.3) is 0 Å². The van der Waals surface area contributed by atoms with E-state index in [1.165, 1.54) is 5.56 Å². The standard InChI is InChI=1S/C18H25N5O/c1-15-5-7-20-17(14-15)22-9-11-23(12-10-22)18(19-2)21-8-6-16-4-3-13-24-16/h3-5,7,13-14H,6,8-12H2,1-2H3,(H,19,21). The number of aromatic nitrogens is 1. The van der Waals surface area contributed by atoms with Crippen LogP contribution in [0.25, 0.3) is 0 Å². The lowest BCUT2D eigenvalue weighted by Crippen LogP contribution is -2.53. The van der Waals surface area contributed by atoms with Crippen molar-refractivity contribution in [3.8, 4) is 0 Å². The number of piperazine rings is 1. The smallest absolute Gasteiger partial charge is 0.193 e. The summed E-state index contributed by atoms with van der Waals surface area (Å²) in [6.07, 6.45) is 4.45. The van der Waals surface area contributed by atoms with Crippen LogP contribution >= 0.6 is 0 Å². The molecule has 1 aliphatic heterocycles. The van der Waals surface area contributed by atoms with Crippen molar-refractivity contribution in [3.05, 3.63) is 48.0 Å². The van der Waals surface area contributed by atoms with Crippen LogP contribution < -0.4 is 10.2 Å². The summed E-state index contributed by atoms with van der Waals surface area (Å²) in [5.41, 5.74) is 1.25. The molecule has 2 aromatic heterocycles. The Morgan fingerprint density at radius 2 is 2.12 bits per heavy atom. The van der Waals surface area contributed by atoms with E-state index >= 15 is 0 Å². The lowest BCUT2D eigenvalue weighted by atomic mass is 10.2. The number of guanidine groups is 1. The van der Waals surface area contributed by atoms with Crippen molar-refractivity contribution >= 4 is 11.8 Å². The molecule has 0 aromatic carbocycles. The number of aryl methyl sites for hydroxylation is 1. The third-order valence-corrected chi connectivity index (χ3v) is 4.25. The van der Waals surface area contributed by atoms with E-state index in [2.05, 4.69) is 38.1 Å². The molecule has 128 valence electrons. The Hall–Kier alpha value is -2.50. The molecule has 0 aliphatic carbocycles. The Balaban J connectivity index is 1.49. The van der Waals surface area contributed by atoms with Gasteiger partial charge in [-0.05, 0) is 36.8 Å². The summed E-state index contributed by atoms with van der Waals surface area (Å²) in [6, 6.07) is 8.09. The fraction of sp³-hybridized carbons (Fsp3) is 0.444. The minimum Gasteiger partial charge on any atom is -0.469 e. The average Bonchev–Trinajstić information content (AvgIpc) is 3.12. The maximum atomic E-state index is 5.36. The van der Waals surface area contributed by atoms with Crippen molar-refractivity contribution in [3.63, 3.8) is 0 Å². The first-order valence-corrected chi connectivity index (χ1v) is 8.42. The number of anilines is 1. The zero-order valence-electron chi connectivity index (χ0n) is 14.4. The fourth-order valence-electron chi connectivity index (χ4n) is 2.93. The topological polar surface area (TPSA) is 56.9 Å². The molecule has 2 aromatic rings. The van der Waals surface area contributed by atoms with Gasteiger partial charge in [-0.3, -0.25) is 4.99 Å². The molecule has 1 fully saturated rings. The van der Waals surface area contributed by atoms with Gasteiger partial charge in [0.2, 0.25) is 0 Å². The number of rotatable bonds is 4. The quantitative estimate of drug-likeness (QED) is 0.687. The molecular formula is C18H25N5O. The van der Waals surface area contributed by atoms with E-state index in [-0.39, 0.29) is 0 Å². The highest BCUT2D eigenvalue weighted by Gasteiger charge is 2.20. The number of pyridine rings is 1. The van der Waals surface area contributed by atoms with Crippen molar-refractivity contribution in [1.82, 2.24) is 15.2 Å². The predicted octanol–water partition coefficient (Wildman–Crippen LogP) is 1.92. The second-order valence-corrected chi connectivity index (χ2v) is 5.97. The number of aliphatic imine (C=N–C) groups is 1. The molecule has 0 unspecified atom stereocenters. The largest absolute Gasteiger partial charge is 0.469 e. The van der Waals surface area contributed by atoms with E-state index in [1.54, 1.807) is 6.26 Å². The normalized spacial score (nSPS) is 15.7. The van der Waals surface area contributed by atoms with Gasteiger partial charge >= 0.3 is 0 Å². The average molecular weight is 327 g/mol. The zero-order chi connectivity index (χ0) is 16.8. The monoisotopic (exact) mass is 327 g/mol. The van der Waals surface area contributed by atoms with E-state index in [0.717, 1.165) is 56.7 Å². The Morgan fingerprint density at radius 3 is 2.79 bits per heavy atom. The third kappa shape index (κ3) is 4.07. The molecule has 6 nitrogen and oxygen atoms in total. The first-order valence-electron chi connectivity index (χ1n) is 8.42. The van der Waals surface area contributed by atoms with Gasteiger partial charge in [0.15, 0.2) is 5.96 Å². The summed E-state index contributed by atoms with van der Waals surface area (Å²) in [5, 5.41) is 3.42. The summed E-state index contributed by atoms with van der Waals surface area (Å²) in [4.78, 5) is 13.5. The van der Waals surface area contributed by atoms with Gasteiger partial charge in [0.05, 0.1) is 6.26 Å². The van der Waals surface area contributed by atoms with Gasteiger partial charge in [-0.1, -0.05) is 0 Å². The van der Waals surface area contributed by atoms with Crippen LogP contribution in [0.5, 0.6) is 0 Å². The minimum absolute atomic E-state index is 0.819. The van der Waals surface area contributed by atoms with Gasteiger partial charge < -0.3 is 19.5 Å². The molecule has 3 heterocycles. The molecule has 1 aliphatic rings. The third-order valence-electron chi connectivity index (χ3n) is 4.25. The number of hydrogen-bond acceptors (Lipinski definition) is 4. The summed E-state index contributed by atoms with van der Waals surface area (Å²) in [6.45, 7) is 6.71. The Kier molecular flexibility index (Phi) is 5.36. The molecule has 1 saturated heterocycles. The van der Waals surface area contributed by atoms with E-state index in [1.807, 2.05) is 31.4 Å². The van der Waals surface area contributed by atoms with E-state index in [0.29, 0.717) is 0 Å². The maximum Gasteiger partial charge on any atom is 0.193 e. The highest BCUT2D eigenvalue weighted by atomic mass is 16.3. The molecule has 3 rings (SSSR count). The number of hydrogen-bond donors (Lipinski definition) is 1. The molecule has 0 bridgehead atoms. The SMILES string of the molecule is CN=C(NCCc1ccco1)N1CCN(c2cc(C)ccn2)CC1. The van der Waals surface area contributed by atoms with E-state index < -0.39 is 0 Å². The van der Waals surface area contributed by atoms with Gasteiger partial charge in [-0.2, -0.15) is 0 Å². The van der Waals surface area contributed by atoms with Crippen LogP contribution in [-0.2, 0) is 6.42 Å².